The Hall–Kier alpha value is -2.70. The number of carbonyl (C=O) groups excluding carboxylic acids is 1. The number of rotatable bonds is 6. The number of nitrogens with zero attached hydrogens (tertiary/aromatic N) is 3. The van der Waals surface area contributed by atoms with E-state index in [9.17, 15) is 9.18 Å². The lowest BCUT2D eigenvalue weighted by Gasteiger charge is -2.20. The van der Waals surface area contributed by atoms with E-state index in [0.29, 0.717) is 17.8 Å². The number of benzene rings is 1. The third kappa shape index (κ3) is 3.45. The number of nitrogens with one attached hydrogen (secondary N) is 1. The highest BCUT2D eigenvalue weighted by Crippen LogP contribution is 2.27. The van der Waals surface area contributed by atoms with Crippen LogP contribution in [0.15, 0.2) is 47.9 Å². The van der Waals surface area contributed by atoms with E-state index in [1.807, 2.05) is 12.3 Å². The maximum absolute atomic E-state index is 13.8. The highest BCUT2D eigenvalue weighted by Gasteiger charge is 2.42. The van der Waals surface area contributed by atoms with E-state index >= 15 is 0 Å². The van der Waals surface area contributed by atoms with Crippen molar-refractivity contribution >= 4 is 11.6 Å². The quantitative estimate of drug-likeness (QED) is 0.825. The van der Waals surface area contributed by atoms with Gasteiger partial charge in [0.25, 0.3) is 5.91 Å². The highest BCUT2D eigenvalue weighted by molar-refractivity contribution is 6.05. The van der Waals surface area contributed by atoms with E-state index < -0.39 is 5.60 Å². The molecule has 126 valence electrons. The van der Waals surface area contributed by atoms with Crippen LogP contribution in [0.5, 0.6) is 0 Å². The molecule has 7 heteroatoms. The zero-order valence-corrected chi connectivity index (χ0v) is 13.4. The lowest BCUT2D eigenvalue weighted by Crippen LogP contribution is -2.45. The van der Waals surface area contributed by atoms with E-state index in [2.05, 4.69) is 15.6 Å². The normalized spacial score (nSPS) is 19.7. The number of oxime groups is 1. The zero-order chi connectivity index (χ0) is 17.0. The van der Waals surface area contributed by atoms with Gasteiger partial charge < -0.3 is 10.2 Å². The number of hydrogen-bond acceptors (Lipinski definition) is 4. The van der Waals surface area contributed by atoms with Crippen LogP contribution < -0.4 is 5.32 Å². The summed E-state index contributed by atoms with van der Waals surface area (Å²) >= 11 is 0. The van der Waals surface area contributed by atoms with Gasteiger partial charge in [-0.25, -0.2) is 4.39 Å². The van der Waals surface area contributed by atoms with Crippen molar-refractivity contribution in [2.24, 2.45) is 5.16 Å². The van der Waals surface area contributed by atoms with Gasteiger partial charge in [-0.3, -0.25) is 9.48 Å². The fourth-order valence-electron chi connectivity index (χ4n) is 2.56. The molecule has 0 aliphatic carbocycles. The molecule has 0 spiro atoms. The number of amides is 1. The van der Waals surface area contributed by atoms with Gasteiger partial charge in [0.1, 0.15) is 5.82 Å². The lowest BCUT2D eigenvalue weighted by molar-refractivity contribution is -0.141. The second-order valence-corrected chi connectivity index (χ2v) is 5.90. The van der Waals surface area contributed by atoms with Gasteiger partial charge in [-0.05, 0) is 25.5 Å². The molecule has 2 aromatic rings. The van der Waals surface area contributed by atoms with Gasteiger partial charge in [0.15, 0.2) is 0 Å². The molecule has 0 radical (unpaired) electrons. The first-order valence-corrected chi connectivity index (χ1v) is 7.84. The van der Waals surface area contributed by atoms with Gasteiger partial charge in [0, 0.05) is 37.5 Å². The molecule has 0 unspecified atom stereocenters. The number of hydrogen-bond donors (Lipinski definition) is 1. The molecule has 1 N–H and O–H groups in total. The molecule has 1 aromatic carbocycles. The van der Waals surface area contributed by atoms with E-state index in [4.69, 9.17) is 4.84 Å². The maximum Gasteiger partial charge on any atom is 0.267 e. The maximum atomic E-state index is 13.8. The molecule has 0 saturated carbocycles. The van der Waals surface area contributed by atoms with Crippen LogP contribution in [-0.4, -0.2) is 33.5 Å². The van der Waals surface area contributed by atoms with E-state index in [1.54, 1.807) is 36.0 Å². The molecule has 2 heterocycles. The Kier molecular flexibility index (Phi) is 4.59. The first-order chi connectivity index (χ1) is 11.6. The number of halogens is 1. The fraction of sp³-hybridized carbons (Fsp3) is 0.353. The minimum Gasteiger partial charge on any atom is -0.379 e. The number of carbonyl (C=O) groups is 1. The van der Waals surface area contributed by atoms with Gasteiger partial charge in [-0.1, -0.05) is 23.4 Å². The van der Waals surface area contributed by atoms with E-state index in [-0.39, 0.29) is 18.1 Å². The first kappa shape index (κ1) is 16.2. The van der Waals surface area contributed by atoms with Crippen LogP contribution in [-0.2, 0) is 16.2 Å². The first-order valence-electron chi connectivity index (χ1n) is 7.84. The number of aromatic nitrogens is 2. The van der Waals surface area contributed by atoms with Gasteiger partial charge >= 0.3 is 0 Å². The van der Waals surface area contributed by atoms with Gasteiger partial charge in [0.2, 0.25) is 5.60 Å². The molecule has 1 aliphatic rings. The summed E-state index contributed by atoms with van der Waals surface area (Å²) in [5, 5.41) is 10.9. The Morgan fingerprint density at radius 2 is 2.25 bits per heavy atom. The van der Waals surface area contributed by atoms with Crippen LogP contribution in [0.3, 0.4) is 0 Å². The third-order valence-electron chi connectivity index (χ3n) is 3.94. The molecule has 24 heavy (non-hydrogen) atoms. The Labute approximate surface area is 139 Å². The largest absolute Gasteiger partial charge is 0.379 e. The Morgan fingerprint density at radius 1 is 1.42 bits per heavy atom. The molecule has 1 amide bonds. The molecule has 3 rings (SSSR count). The summed E-state index contributed by atoms with van der Waals surface area (Å²) < 4.78 is 15.6. The molecular weight excluding hydrogens is 311 g/mol. The standard InChI is InChI=1S/C17H19FN4O2/c1-17(16(23)19-8-4-10-22-11-5-9-20-22)12-15(21-24-17)13-6-2-3-7-14(13)18/h2-3,5-7,9,11H,4,8,10,12H2,1H3,(H,19,23)/t17-/m1/s1. The van der Waals surface area contributed by atoms with Crippen molar-refractivity contribution in [2.75, 3.05) is 6.54 Å². The van der Waals surface area contributed by atoms with Gasteiger partial charge in [-0.15, -0.1) is 0 Å². The van der Waals surface area contributed by atoms with E-state index in [1.165, 1.54) is 6.07 Å². The smallest absolute Gasteiger partial charge is 0.267 e. The van der Waals surface area contributed by atoms with Crippen LogP contribution in [0, 0.1) is 5.82 Å². The summed E-state index contributed by atoms with van der Waals surface area (Å²) in [5.74, 6) is -0.623. The zero-order valence-electron chi connectivity index (χ0n) is 13.4. The number of aryl methyl sites for hydroxylation is 1. The molecule has 0 bridgehead atoms. The topological polar surface area (TPSA) is 68.5 Å². The molecule has 1 aromatic heterocycles. The average molecular weight is 330 g/mol. The van der Waals surface area contributed by atoms with Gasteiger partial charge in [-0.2, -0.15) is 5.10 Å². The van der Waals surface area contributed by atoms with Crippen LogP contribution in [0.1, 0.15) is 25.3 Å². The summed E-state index contributed by atoms with van der Waals surface area (Å²) in [6.07, 6.45) is 4.58. The van der Waals surface area contributed by atoms with Crippen molar-refractivity contribution in [1.82, 2.24) is 15.1 Å². The van der Waals surface area contributed by atoms with Crippen molar-refractivity contribution in [3.05, 3.63) is 54.1 Å². The third-order valence-corrected chi connectivity index (χ3v) is 3.94. The summed E-state index contributed by atoms with van der Waals surface area (Å²) in [4.78, 5) is 17.7. The predicted molar refractivity (Wildman–Crippen MR) is 86.9 cm³/mol. The van der Waals surface area contributed by atoms with Crippen LogP contribution in [0.4, 0.5) is 4.39 Å². The summed E-state index contributed by atoms with van der Waals surface area (Å²) in [7, 11) is 0. The molecule has 1 atom stereocenters. The van der Waals surface area contributed by atoms with Crippen LogP contribution in [0.25, 0.3) is 0 Å². The summed E-state index contributed by atoms with van der Waals surface area (Å²) in [6.45, 7) is 2.89. The van der Waals surface area contributed by atoms with E-state index in [0.717, 1.165) is 13.0 Å². The van der Waals surface area contributed by atoms with Crippen molar-refractivity contribution in [1.29, 1.82) is 0 Å². The van der Waals surface area contributed by atoms with Crippen molar-refractivity contribution < 1.29 is 14.0 Å². The van der Waals surface area contributed by atoms with Crippen LogP contribution in [0.2, 0.25) is 0 Å². The predicted octanol–water partition coefficient (Wildman–Crippen LogP) is 2.11. The molecule has 0 fully saturated rings. The lowest BCUT2D eigenvalue weighted by atomic mass is 9.95. The minimum atomic E-state index is -1.11. The molecule has 6 nitrogen and oxygen atoms in total. The van der Waals surface area contributed by atoms with Crippen molar-refractivity contribution in [3.8, 4) is 0 Å². The highest BCUT2D eigenvalue weighted by atomic mass is 19.1. The van der Waals surface area contributed by atoms with Crippen molar-refractivity contribution in [3.63, 3.8) is 0 Å². The molecule has 1 aliphatic heterocycles. The van der Waals surface area contributed by atoms with Crippen LogP contribution >= 0.6 is 0 Å². The second-order valence-electron chi connectivity index (χ2n) is 5.90. The second kappa shape index (κ2) is 6.82. The fourth-order valence-corrected chi connectivity index (χ4v) is 2.56. The molecule has 0 saturated heterocycles. The Balaban J connectivity index is 1.51. The SMILES string of the molecule is C[C@]1(C(=O)NCCCn2cccn2)CC(c2ccccc2F)=NO1. The average Bonchev–Trinajstić information content (AvgIpc) is 3.22. The summed E-state index contributed by atoms with van der Waals surface area (Å²) in [6, 6.07) is 8.19. The Morgan fingerprint density at radius 3 is 3.00 bits per heavy atom. The summed E-state index contributed by atoms with van der Waals surface area (Å²) in [5.41, 5.74) is -0.293. The Bertz CT molecular complexity index is 745. The molecular formula is C17H19FN4O2. The monoisotopic (exact) mass is 330 g/mol. The van der Waals surface area contributed by atoms with Gasteiger partial charge in [0.05, 0.1) is 5.71 Å². The minimum absolute atomic E-state index is 0.235. The van der Waals surface area contributed by atoms with Crippen molar-refractivity contribution in [2.45, 2.75) is 31.9 Å².